The second kappa shape index (κ2) is 3.92. The molecule has 0 spiro atoms. The molecule has 1 aromatic carbocycles. The Bertz CT molecular complexity index is 562. The van der Waals surface area contributed by atoms with Crippen LogP contribution in [0.3, 0.4) is 0 Å². The fourth-order valence-electron chi connectivity index (χ4n) is 2.09. The Balaban J connectivity index is 2.12. The van der Waals surface area contributed by atoms with Crippen LogP contribution in [-0.4, -0.2) is 21.3 Å². The van der Waals surface area contributed by atoms with E-state index in [1.165, 1.54) is 6.07 Å². The average Bonchev–Trinajstić information content (AvgIpc) is 2.73. The van der Waals surface area contributed by atoms with E-state index in [0.717, 1.165) is 24.5 Å². The van der Waals surface area contributed by atoms with Gasteiger partial charge in [0.2, 0.25) is 0 Å². The SMILES string of the molecule is Cc1ccc(-c2nnc3n2CCNC3)c(F)c1. The van der Waals surface area contributed by atoms with Crippen LogP contribution in [0.2, 0.25) is 0 Å². The summed E-state index contributed by atoms with van der Waals surface area (Å²) in [4.78, 5) is 0. The lowest BCUT2D eigenvalue weighted by Gasteiger charge is -2.16. The molecule has 0 atom stereocenters. The van der Waals surface area contributed by atoms with Crippen molar-refractivity contribution in [3.63, 3.8) is 0 Å². The van der Waals surface area contributed by atoms with Crippen LogP contribution >= 0.6 is 0 Å². The van der Waals surface area contributed by atoms with Crippen LogP contribution in [-0.2, 0) is 13.1 Å². The summed E-state index contributed by atoms with van der Waals surface area (Å²) < 4.78 is 15.9. The minimum absolute atomic E-state index is 0.237. The number of fused-ring (bicyclic) bond motifs is 1. The summed E-state index contributed by atoms with van der Waals surface area (Å²) in [6.07, 6.45) is 0. The van der Waals surface area contributed by atoms with Gasteiger partial charge >= 0.3 is 0 Å². The molecule has 2 aromatic rings. The van der Waals surface area contributed by atoms with Gasteiger partial charge in [-0.3, -0.25) is 0 Å². The van der Waals surface area contributed by atoms with Gasteiger partial charge < -0.3 is 9.88 Å². The van der Waals surface area contributed by atoms with Crippen molar-refractivity contribution in [3.05, 3.63) is 35.4 Å². The quantitative estimate of drug-likeness (QED) is 0.810. The molecule has 1 aliphatic heterocycles. The molecule has 17 heavy (non-hydrogen) atoms. The number of rotatable bonds is 1. The van der Waals surface area contributed by atoms with Crippen molar-refractivity contribution in [3.8, 4) is 11.4 Å². The fraction of sp³-hybridized carbons (Fsp3) is 0.333. The van der Waals surface area contributed by atoms with E-state index in [0.29, 0.717) is 17.9 Å². The van der Waals surface area contributed by atoms with Crippen LogP contribution in [0.15, 0.2) is 18.2 Å². The summed E-state index contributed by atoms with van der Waals surface area (Å²) in [6, 6.07) is 5.18. The summed E-state index contributed by atoms with van der Waals surface area (Å²) in [7, 11) is 0. The van der Waals surface area contributed by atoms with Crippen LogP contribution in [0.1, 0.15) is 11.4 Å². The molecule has 0 fully saturated rings. The Morgan fingerprint density at radius 2 is 2.24 bits per heavy atom. The van der Waals surface area contributed by atoms with Crippen molar-refractivity contribution in [2.45, 2.75) is 20.0 Å². The van der Waals surface area contributed by atoms with Crippen molar-refractivity contribution in [2.24, 2.45) is 0 Å². The van der Waals surface area contributed by atoms with Crippen LogP contribution in [0.25, 0.3) is 11.4 Å². The Labute approximate surface area is 98.5 Å². The Kier molecular flexibility index (Phi) is 2.40. The largest absolute Gasteiger partial charge is 0.309 e. The maximum Gasteiger partial charge on any atom is 0.167 e. The van der Waals surface area contributed by atoms with E-state index in [-0.39, 0.29) is 5.82 Å². The number of halogens is 1. The first-order valence-corrected chi connectivity index (χ1v) is 5.65. The van der Waals surface area contributed by atoms with Crippen LogP contribution in [0, 0.1) is 12.7 Å². The highest BCUT2D eigenvalue weighted by Gasteiger charge is 2.18. The lowest BCUT2D eigenvalue weighted by Crippen LogP contribution is -2.28. The predicted molar refractivity (Wildman–Crippen MR) is 61.9 cm³/mol. The van der Waals surface area contributed by atoms with E-state index in [2.05, 4.69) is 15.5 Å². The maximum absolute atomic E-state index is 13.9. The summed E-state index contributed by atoms with van der Waals surface area (Å²) in [5.41, 5.74) is 1.43. The Morgan fingerprint density at radius 1 is 1.35 bits per heavy atom. The predicted octanol–water partition coefficient (Wildman–Crippen LogP) is 1.50. The van der Waals surface area contributed by atoms with E-state index in [4.69, 9.17) is 0 Å². The van der Waals surface area contributed by atoms with Gasteiger partial charge in [0.25, 0.3) is 0 Å². The molecule has 0 aliphatic carbocycles. The Morgan fingerprint density at radius 3 is 3.06 bits per heavy atom. The zero-order valence-corrected chi connectivity index (χ0v) is 9.57. The summed E-state index contributed by atoms with van der Waals surface area (Å²) in [5, 5.41) is 11.4. The highest BCUT2D eigenvalue weighted by molar-refractivity contribution is 5.57. The molecule has 0 amide bonds. The van der Waals surface area contributed by atoms with Gasteiger partial charge in [0.15, 0.2) is 5.82 Å². The molecule has 0 saturated carbocycles. The van der Waals surface area contributed by atoms with Gasteiger partial charge in [-0.05, 0) is 24.6 Å². The second-order valence-corrected chi connectivity index (χ2v) is 4.25. The molecule has 3 rings (SSSR count). The number of hydrogen-bond donors (Lipinski definition) is 1. The van der Waals surface area contributed by atoms with Crippen molar-refractivity contribution < 1.29 is 4.39 Å². The van der Waals surface area contributed by atoms with E-state index < -0.39 is 0 Å². The molecular formula is C12H13FN4. The molecule has 0 bridgehead atoms. The van der Waals surface area contributed by atoms with E-state index >= 15 is 0 Å². The molecule has 0 unspecified atom stereocenters. The van der Waals surface area contributed by atoms with E-state index in [1.54, 1.807) is 6.07 Å². The van der Waals surface area contributed by atoms with Crippen molar-refractivity contribution in [2.75, 3.05) is 6.54 Å². The monoisotopic (exact) mass is 232 g/mol. The van der Waals surface area contributed by atoms with Crippen LogP contribution < -0.4 is 5.32 Å². The zero-order valence-electron chi connectivity index (χ0n) is 9.57. The number of benzene rings is 1. The minimum atomic E-state index is -0.237. The number of hydrogen-bond acceptors (Lipinski definition) is 3. The third kappa shape index (κ3) is 1.72. The third-order valence-electron chi connectivity index (χ3n) is 2.99. The van der Waals surface area contributed by atoms with E-state index in [1.807, 2.05) is 17.6 Å². The van der Waals surface area contributed by atoms with Crippen molar-refractivity contribution in [1.82, 2.24) is 20.1 Å². The topological polar surface area (TPSA) is 42.7 Å². The molecule has 0 radical (unpaired) electrons. The normalized spacial score (nSPS) is 14.7. The summed E-state index contributed by atoms with van der Waals surface area (Å²) in [6.45, 7) is 4.22. The van der Waals surface area contributed by atoms with Gasteiger partial charge in [0, 0.05) is 13.1 Å². The highest BCUT2D eigenvalue weighted by atomic mass is 19.1. The highest BCUT2D eigenvalue weighted by Crippen LogP contribution is 2.23. The molecule has 1 aliphatic rings. The Hall–Kier alpha value is -1.75. The molecule has 2 heterocycles. The van der Waals surface area contributed by atoms with Gasteiger partial charge in [-0.25, -0.2) is 4.39 Å². The molecule has 88 valence electrons. The molecule has 0 saturated heterocycles. The van der Waals surface area contributed by atoms with Gasteiger partial charge in [-0.2, -0.15) is 0 Å². The number of nitrogens with one attached hydrogen (secondary N) is 1. The molecule has 1 N–H and O–H groups in total. The first-order valence-electron chi connectivity index (χ1n) is 5.65. The smallest absolute Gasteiger partial charge is 0.167 e. The second-order valence-electron chi connectivity index (χ2n) is 4.25. The minimum Gasteiger partial charge on any atom is -0.309 e. The molecule has 4 nitrogen and oxygen atoms in total. The zero-order chi connectivity index (χ0) is 11.8. The van der Waals surface area contributed by atoms with Gasteiger partial charge in [-0.15, -0.1) is 10.2 Å². The third-order valence-corrected chi connectivity index (χ3v) is 2.99. The van der Waals surface area contributed by atoms with Gasteiger partial charge in [-0.1, -0.05) is 6.07 Å². The number of aryl methyl sites for hydroxylation is 1. The van der Waals surface area contributed by atoms with Gasteiger partial charge in [0.1, 0.15) is 11.6 Å². The maximum atomic E-state index is 13.9. The summed E-state index contributed by atoms with van der Waals surface area (Å²) >= 11 is 0. The first kappa shape index (κ1) is 10.4. The number of aromatic nitrogens is 3. The van der Waals surface area contributed by atoms with Gasteiger partial charge in [0.05, 0.1) is 12.1 Å². The van der Waals surface area contributed by atoms with E-state index in [9.17, 15) is 4.39 Å². The molecule has 1 aromatic heterocycles. The first-order chi connectivity index (χ1) is 8.25. The van der Waals surface area contributed by atoms with Crippen molar-refractivity contribution >= 4 is 0 Å². The number of nitrogens with zero attached hydrogens (tertiary/aromatic N) is 3. The standard InChI is InChI=1S/C12H13FN4/c1-8-2-3-9(10(13)6-8)12-16-15-11-7-14-4-5-17(11)12/h2-3,6,14H,4-5,7H2,1H3. The lowest BCUT2D eigenvalue weighted by atomic mass is 10.1. The van der Waals surface area contributed by atoms with Crippen molar-refractivity contribution in [1.29, 1.82) is 0 Å². The lowest BCUT2D eigenvalue weighted by molar-refractivity contribution is 0.507. The van der Waals surface area contributed by atoms with Crippen LogP contribution in [0.5, 0.6) is 0 Å². The fourth-order valence-corrected chi connectivity index (χ4v) is 2.09. The average molecular weight is 232 g/mol. The van der Waals surface area contributed by atoms with Crippen LogP contribution in [0.4, 0.5) is 4.39 Å². The molecule has 5 heteroatoms. The summed E-state index contributed by atoms with van der Waals surface area (Å²) in [5.74, 6) is 1.25. The molecular weight excluding hydrogens is 219 g/mol.